The second-order valence-corrected chi connectivity index (χ2v) is 21.5. The number of unbranched alkanes of at least 4 members (excludes halogenated alkanes) is 2. The summed E-state index contributed by atoms with van der Waals surface area (Å²) < 4.78 is 93.0. The van der Waals surface area contributed by atoms with Gasteiger partial charge >= 0.3 is 5.97 Å². The van der Waals surface area contributed by atoms with Crippen molar-refractivity contribution in [3.63, 3.8) is 0 Å². The van der Waals surface area contributed by atoms with Gasteiger partial charge in [-0.25, -0.2) is 4.79 Å². The minimum atomic E-state index is -4.51. The Morgan fingerprint density at radius 3 is 1.85 bits per heavy atom. The third-order valence-corrected chi connectivity index (χ3v) is 14.4. The van der Waals surface area contributed by atoms with Crippen LogP contribution in [-0.4, -0.2) is 128 Å². The molecule has 0 spiro atoms. The molecule has 75 heavy (non-hydrogen) atoms. The van der Waals surface area contributed by atoms with E-state index in [0.717, 1.165) is 28.8 Å². The standard InChI is InChI=1S/C50H59N5O18S2/c1-49(2)40-32-38(74(63,64)65)14-16-42(40)51(20-10-6-9-13-48(58)73-53-46(56)18-19-47(53)57)44(49)11-7-5-8-12-45-50(3,4)41-33-39(75(66,67)68)15-17-43(41)52(45)21-22-69-23-24-70-25-26-71-27-28-72-34-35-29-36(54(59)60)31-37(30-35)55(61)62/h5,7-8,11-12,14-17,29-33H,6,9-10,13,18-28,34H2,1-4H3,(H-,63,64,65,66,67,68)/p+1. The molecule has 3 heterocycles. The van der Waals surface area contributed by atoms with Gasteiger partial charge in [0.1, 0.15) is 6.61 Å². The molecule has 25 heteroatoms. The highest BCUT2D eigenvalue weighted by molar-refractivity contribution is 7.86. The summed E-state index contributed by atoms with van der Waals surface area (Å²) in [5, 5.41) is 22.8. The second kappa shape index (κ2) is 24.8. The first kappa shape index (κ1) is 57.7. The van der Waals surface area contributed by atoms with Crippen LogP contribution < -0.4 is 4.90 Å². The van der Waals surface area contributed by atoms with Gasteiger partial charge in [-0.3, -0.25) is 38.9 Å². The maximum atomic E-state index is 12.4. The number of imide groups is 1. The molecule has 0 aliphatic carbocycles. The average Bonchev–Trinajstić information content (AvgIpc) is 3.86. The lowest BCUT2D eigenvalue weighted by molar-refractivity contribution is -0.442. The Balaban J connectivity index is 1.05. The average molecular weight is 1080 g/mol. The van der Waals surface area contributed by atoms with E-state index in [-0.39, 0.29) is 87.5 Å². The number of hydrogen-bond acceptors (Lipinski definition) is 17. The lowest BCUT2D eigenvalue weighted by atomic mass is 9.81. The normalized spacial score (nSPS) is 16.7. The number of anilines is 1. The molecule has 23 nitrogen and oxygen atoms in total. The Labute approximate surface area is 433 Å². The number of rotatable bonds is 28. The van der Waals surface area contributed by atoms with Crippen molar-refractivity contribution < 1.29 is 78.5 Å². The van der Waals surface area contributed by atoms with Crippen LogP contribution in [0.25, 0.3) is 0 Å². The van der Waals surface area contributed by atoms with Gasteiger partial charge < -0.3 is 28.7 Å². The van der Waals surface area contributed by atoms with Crippen molar-refractivity contribution >= 4 is 66.5 Å². The Hall–Kier alpha value is -6.58. The number of carbonyl (C=O) groups excluding carboxylic acids is 3. The van der Waals surface area contributed by atoms with Gasteiger partial charge in [0.25, 0.3) is 43.4 Å². The first-order valence-corrected chi connectivity index (χ1v) is 26.8. The summed E-state index contributed by atoms with van der Waals surface area (Å²) in [6, 6.07) is 12.2. The fraction of sp³-hybridized carbons (Fsp3) is 0.440. The molecule has 6 rings (SSSR count). The summed E-state index contributed by atoms with van der Waals surface area (Å²) in [4.78, 5) is 63.5. The van der Waals surface area contributed by atoms with Crippen molar-refractivity contribution in [1.82, 2.24) is 5.06 Å². The van der Waals surface area contributed by atoms with Gasteiger partial charge in [0.05, 0.1) is 77.4 Å². The van der Waals surface area contributed by atoms with Gasteiger partial charge in [-0.1, -0.05) is 38.5 Å². The van der Waals surface area contributed by atoms with Crippen molar-refractivity contribution in [1.29, 1.82) is 0 Å². The van der Waals surface area contributed by atoms with E-state index >= 15 is 0 Å². The Morgan fingerprint density at radius 1 is 0.707 bits per heavy atom. The van der Waals surface area contributed by atoms with Gasteiger partial charge in [-0.15, -0.1) is 5.06 Å². The van der Waals surface area contributed by atoms with E-state index in [1.54, 1.807) is 12.1 Å². The summed E-state index contributed by atoms with van der Waals surface area (Å²) >= 11 is 0. The minimum absolute atomic E-state index is 0.00215. The van der Waals surface area contributed by atoms with E-state index in [2.05, 4.69) is 4.90 Å². The molecule has 2 N–H and O–H groups in total. The smallest absolute Gasteiger partial charge is 0.333 e. The van der Waals surface area contributed by atoms with E-state index in [1.165, 1.54) is 36.4 Å². The third-order valence-electron chi connectivity index (χ3n) is 12.7. The fourth-order valence-electron chi connectivity index (χ4n) is 8.95. The number of non-ortho nitro benzene ring substituents is 2. The van der Waals surface area contributed by atoms with Gasteiger partial charge in [0.15, 0.2) is 12.3 Å². The molecule has 0 saturated carbocycles. The largest absolute Gasteiger partial charge is 0.377 e. The number of allylic oxidation sites excluding steroid dienone is 6. The number of nitro benzene ring substituents is 2. The van der Waals surface area contributed by atoms with Crippen LogP contribution in [0.1, 0.15) is 82.9 Å². The van der Waals surface area contributed by atoms with E-state index in [0.29, 0.717) is 48.5 Å². The summed E-state index contributed by atoms with van der Waals surface area (Å²) in [5.74, 6) is -1.79. The maximum absolute atomic E-state index is 12.4. The second-order valence-electron chi connectivity index (χ2n) is 18.7. The van der Waals surface area contributed by atoms with Gasteiger partial charge in [0.2, 0.25) is 5.69 Å². The summed E-state index contributed by atoms with van der Waals surface area (Å²) in [6.45, 7) is 10.1. The van der Waals surface area contributed by atoms with Crippen LogP contribution in [0.2, 0.25) is 0 Å². The maximum Gasteiger partial charge on any atom is 0.333 e. The Bertz CT molecular complexity index is 2990. The van der Waals surface area contributed by atoms with Crippen molar-refractivity contribution in [2.75, 3.05) is 64.2 Å². The molecule has 1 fully saturated rings. The fourth-order valence-corrected chi connectivity index (χ4v) is 9.96. The quantitative estimate of drug-likeness (QED) is 0.0147. The van der Waals surface area contributed by atoms with E-state index in [1.807, 2.05) is 62.7 Å². The molecule has 1 saturated heterocycles. The molecule has 3 aromatic rings. The number of nitrogens with zero attached hydrogens (tertiary/aromatic N) is 5. The van der Waals surface area contributed by atoms with Gasteiger partial charge in [-0.05, 0) is 74.2 Å². The summed E-state index contributed by atoms with van der Waals surface area (Å²) in [5.41, 5.74) is 2.48. The number of hydrogen-bond donors (Lipinski definition) is 2. The molecule has 404 valence electrons. The number of benzene rings is 3. The molecule has 0 radical (unpaired) electrons. The lowest BCUT2D eigenvalue weighted by Gasteiger charge is -2.27. The molecule has 3 aliphatic rings. The van der Waals surface area contributed by atoms with Crippen molar-refractivity contribution in [2.24, 2.45) is 0 Å². The molecule has 3 aromatic carbocycles. The van der Waals surface area contributed by atoms with E-state index < -0.39 is 70.1 Å². The first-order valence-electron chi connectivity index (χ1n) is 23.9. The number of carbonyl (C=O) groups is 3. The highest BCUT2D eigenvalue weighted by Gasteiger charge is 2.45. The highest BCUT2D eigenvalue weighted by Crippen LogP contribution is 2.49. The third kappa shape index (κ3) is 14.6. The molecular formula is C50H60N5O18S2+. The monoisotopic (exact) mass is 1080 g/mol. The van der Waals surface area contributed by atoms with E-state index in [9.17, 15) is 60.6 Å². The summed E-state index contributed by atoms with van der Waals surface area (Å²) in [6.07, 6.45) is 10.9. The van der Waals surface area contributed by atoms with Crippen molar-refractivity contribution in [2.45, 2.75) is 93.4 Å². The van der Waals surface area contributed by atoms with Crippen LogP contribution in [0.4, 0.5) is 22.7 Å². The number of fused-ring (bicyclic) bond motifs is 2. The molecule has 0 aromatic heterocycles. The van der Waals surface area contributed by atoms with Crippen LogP contribution in [0, 0.1) is 20.2 Å². The van der Waals surface area contributed by atoms with Crippen LogP contribution in [0.5, 0.6) is 0 Å². The number of amides is 2. The highest BCUT2D eigenvalue weighted by atomic mass is 32.2. The number of nitro groups is 2. The predicted octanol–water partition coefficient (Wildman–Crippen LogP) is 6.60. The molecule has 2 amide bonds. The zero-order valence-corrected chi connectivity index (χ0v) is 43.5. The number of ether oxygens (including phenoxy) is 4. The molecule has 0 unspecified atom stereocenters. The SMILES string of the molecule is CC1(C)C(/C=C/C=C/C=C2/N(CCCCCC(=O)ON3C(=O)CCC3=O)c3ccc(S(=O)(=O)O)cc3C2(C)C)=[N+](CCOCCOCCOCCOCc2cc([N+](=O)[O-])cc([N+](=O)[O-])c2)c2ccc(S(=O)(=O)O)cc21. The predicted molar refractivity (Wildman–Crippen MR) is 270 cm³/mol. The molecular weight excluding hydrogens is 1020 g/mol. The van der Waals surface area contributed by atoms with Crippen LogP contribution in [0.3, 0.4) is 0 Å². The zero-order chi connectivity index (χ0) is 54.7. The zero-order valence-electron chi connectivity index (χ0n) is 41.9. The topological polar surface area (TPSA) is 302 Å². The van der Waals surface area contributed by atoms with Crippen LogP contribution in [0.15, 0.2) is 100 Å². The van der Waals surface area contributed by atoms with Crippen LogP contribution >= 0.6 is 0 Å². The van der Waals surface area contributed by atoms with Gasteiger partial charge in [0, 0.05) is 72.4 Å². The molecule has 3 aliphatic heterocycles. The lowest BCUT2D eigenvalue weighted by Crippen LogP contribution is -2.32. The first-order chi connectivity index (χ1) is 35.4. The van der Waals surface area contributed by atoms with Crippen molar-refractivity contribution in [3.05, 3.63) is 128 Å². The molecule has 0 bridgehead atoms. The number of hydroxylamine groups is 2. The van der Waals surface area contributed by atoms with Crippen molar-refractivity contribution in [3.8, 4) is 0 Å². The minimum Gasteiger partial charge on any atom is -0.377 e. The van der Waals surface area contributed by atoms with Gasteiger partial charge in [-0.2, -0.15) is 21.4 Å². The van der Waals surface area contributed by atoms with E-state index in [4.69, 9.17) is 23.8 Å². The van der Waals surface area contributed by atoms with Crippen LogP contribution in [-0.2, 0) is 75.8 Å². The molecule has 0 atom stereocenters. The summed E-state index contributed by atoms with van der Waals surface area (Å²) in [7, 11) is -9.01. The Kier molecular flexibility index (Phi) is 19.1. The Morgan fingerprint density at radius 2 is 1.27 bits per heavy atom.